The van der Waals surface area contributed by atoms with Gasteiger partial charge >= 0.3 is 0 Å². The van der Waals surface area contributed by atoms with Crippen LogP contribution >= 0.6 is 11.6 Å². The van der Waals surface area contributed by atoms with Gasteiger partial charge in [0.25, 0.3) is 5.91 Å². The van der Waals surface area contributed by atoms with Crippen molar-refractivity contribution in [2.45, 2.75) is 76.6 Å². The van der Waals surface area contributed by atoms with Gasteiger partial charge in [-0.1, -0.05) is 79.9 Å². The number of aliphatic hydroxyl groups is 2. The number of benzene rings is 3. The molecule has 0 aromatic heterocycles. The molecule has 6 rings (SSSR count). The second-order valence-corrected chi connectivity index (χ2v) is 13.4. The number of nitrogens with zero attached hydrogens (tertiary/aromatic N) is 3. The molecule has 0 spiro atoms. The number of rotatable bonds is 8. The van der Waals surface area contributed by atoms with Crippen molar-refractivity contribution in [2.75, 3.05) is 23.0 Å². The summed E-state index contributed by atoms with van der Waals surface area (Å²) >= 11 is 6.37. The van der Waals surface area contributed by atoms with Gasteiger partial charge in [0, 0.05) is 48.1 Å². The molecule has 3 aromatic rings. The van der Waals surface area contributed by atoms with Crippen LogP contribution in [0.4, 0.5) is 11.4 Å². The third-order valence-electron chi connectivity index (χ3n) is 9.91. The van der Waals surface area contributed by atoms with Crippen molar-refractivity contribution in [3.05, 3.63) is 106 Å². The Morgan fingerprint density at radius 2 is 1.77 bits per heavy atom. The van der Waals surface area contributed by atoms with Crippen LogP contribution < -0.4 is 9.80 Å². The van der Waals surface area contributed by atoms with Crippen LogP contribution in [0.1, 0.15) is 67.7 Å². The summed E-state index contributed by atoms with van der Waals surface area (Å²) < 4.78 is 0. The fraction of sp³-hybridized carbons (Fsp3) is 0.395. The number of fused-ring (bicyclic) bond motifs is 2. The zero-order valence-electron chi connectivity index (χ0n) is 26.8. The van der Waals surface area contributed by atoms with E-state index < -0.39 is 17.4 Å². The van der Waals surface area contributed by atoms with Gasteiger partial charge in [-0.2, -0.15) is 0 Å². The third kappa shape index (κ3) is 6.59. The SMILES string of the molecule is C[C@@H](/C=C/CC(=O)N1Cc2ccccc2C[C@H]1CO)[C@]1(O)C(=O)N(Cc2ccc(N3CCCCCCC3=O)cc2)c2ccc(Cl)cc21. The normalized spacial score (nSPS) is 22.2. The fourth-order valence-corrected chi connectivity index (χ4v) is 7.32. The van der Waals surface area contributed by atoms with Crippen LogP contribution in [0.5, 0.6) is 0 Å². The van der Waals surface area contributed by atoms with Crippen LogP contribution in [-0.4, -0.2) is 52.0 Å². The summed E-state index contributed by atoms with van der Waals surface area (Å²) in [5.74, 6) is -1.12. The molecule has 8 nitrogen and oxygen atoms in total. The highest BCUT2D eigenvalue weighted by molar-refractivity contribution is 6.31. The molecule has 1 fully saturated rings. The molecule has 0 radical (unpaired) electrons. The van der Waals surface area contributed by atoms with Crippen LogP contribution in [0.25, 0.3) is 0 Å². The molecule has 3 aliphatic rings. The second-order valence-electron chi connectivity index (χ2n) is 12.9. The topological polar surface area (TPSA) is 101 Å². The minimum Gasteiger partial charge on any atom is -0.394 e. The summed E-state index contributed by atoms with van der Waals surface area (Å²) in [5, 5.41) is 22.5. The summed E-state index contributed by atoms with van der Waals surface area (Å²) in [6.07, 6.45) is 8.74. The van der Waals surface area contributed by atoms with E-state index in [0.29, 0.717) is 42.2 Å². The standard InChI is InChI=1S/C38H42ClN3O5/c1-26(9-8-13-36(45)41-24-29-11-6-5-10-28(29)21-32(41)25-43)38(47)33-22-30(39)16-19-34(33)42(37(38)46)23-27-14-17-31(18-15-27)40-20-7-3-2-4-12-35(40)44/h5-6,8-11,14-19,22,26,32,43,47H,2-4,7,12-13,20-21,23-25H2,1H3/b9-8+/t26-,32-,38+/m0/s1. The fourth-order valence-electron chi connectivity index (χ4n) is 7.14. The lowest BCUT2D eigenvalue weighted by Crippen LogP contribution is -2.46. The van der Waals surface area contributed by atoms with Crippen LogP contribution in [0, 0.1) is 5.92 Å². The first-order valence-electron chi connectivity index (χ1n) is 16.6. The van der Waals surface area contributed by atoms with Gasteiger partial charge in [0.15, 0.2) is 5.60 Å². The third-order valence-corrected chi connectivity index (χ3v) is 10.1. The molecule has 0 bridgehead atoms. The first-order chi connectivity index (χ1) is 22.7. The number of carbonyl (C=O) groups is 3. The zero-order chi connectivity index (χ0) is 33.1. The van der Waals surface area contributed by atoms with E-state index in [1.807, 2.05) is 53.4 Å². The van der Waals surface area contributed by atoms with E-state index in [1.165, 1.54) is 0 Å². The summed E-state index contributed by atoms with van der Waals surface area (Å²) in [6, 6.07) is 20.4. The Morgan fingerprint density at radius 1 is 1.02 bits per heavy atom. The molecule has 246 valence electrons. The number of anilines is 2. The van der Waals surface area contributed by atoms with Gasteiger partial charge in [0.1, 0.15) is 0 Å². The molecular weight excluding hydrogens is 614 g/mol. The van der Waals surface area contributed by atoms with E-state index >= 15 is 0 Å². The van der Waals surface area contributed by atoms with Gasteiger partial charge in [-0.25, -0.2) is 0 Å². The quantitative estimate of drug-likeness (QED) is 0.295. The maximum absolute atomic E-state index is 14.1. The number of halogens is 1. The molecular formula is C38H42ClN3O5. The number of carbonyl (C=O) groups excluding carboxylic acids is 3. The smallest absolute Gasteiger partial charge is 0.264 e. The summed E-state index contributed by atoms with van der Waals surface area (Å²) in [4.78, 5) is 45.2. The van der Waals surface area contributed by atoms with Crippen molar-refractivity contribution in [1.82, 2.24) is 4.90 Å². The average molecular weight is 656 g/mol. The maximum atomic E-state index is 14.1. The van der Waals surface area contributed by atoms with Gasteiger partial charge in [-0.3, -0.25) is 14.4 Å². The zero-order valence-corrected chi connectivity index (χ0v) is 27.5. The summed E-state index contributed by atoms with van der Waals surface area (Å²) in [6.45, 7) is 3.01. The molecule has 3 aromatic carbocycles. The highest BCUT2D eigenvalue weighted by Crippen LogP contribution is 2.47. The van der Waals surface area contributed by atoms with Gasteiger partial charge in [-0.15, -0.1) is 0 Å². The number of hydrogen-bond donors (Lipinski definition) is 2. The molecule has 3 aliphatic heterocycles. The van der Waals surface area contributed by atoms with E-state index in [9.17, 15) is 24.6 Å². The molecule has 3 atom stereocenters. The number of hydrogen-bond acceptors (Lipinski definition) is 5. The monoisotopic (exact) mass is 655 g/mol. The number of amides is 3. The first kappa shape index (κ1) is 32.9. The van der Waals surface area contributed by atoms with Crippen molar-refractivity contribution in [1.29, 1.82) is 0 Å². The Bertz CT molecular complexity index is 1670. The molecule has 1 saturated heterocycles. The Morgan fingerprint density at radius 3 is 2.53 bits per heavy atom. The van der Waals surface area contributed by atoms with Crippen molar-refractivity contribution in [2.24, 2.45) is 5.92 Å². The Kier molecular flexibility index (Phi) is 9.82. The molecule has 47 heavy (non-hydrogen) atoms. The van der Waals surface area contributed by atoms with Gasteiger partial charge < -0.3 is 24.9 Å². The molecule has 9 heteroatoms. The molecule has 0 aliphatic carbocycles. The van der Waals surface area contributed by atoms with E-state index in [-0.39, 0.29) is 37.4 Å². The Balaban J connectivity index is 1.17. The maximum Gasteiger partial charge on any atom is 0.264 e. The largest absolute Gasteiger partial charge is 0.394 e. The highest BCUT2D eigenvalue weighted by Gasteiger charge is 2.52. The second kappa shape index (κ2) is 14.0. The Hall–Kier alpha value is -3.98. The molecule has 3 heterocycles. The van der Waals surface area contributed by atoms with Crippen LogP contribution in [0.3, 0.4) is 0 Å². The average Bonchev–Trinajstić information content (AvgIpc) is 3.28. The van der Waals surface area contributed by atoms with E-state index in [4.69, 9.17) is 11.6 Å². The molecule has 0 saturated carbocycles. The summed E-state index contributed by atoms with van der Waals surface area (Å²) in [7, 11) is 0. The first-order valence-corrected chi connectivity index (χ1v) is 17.0. The van der Waals surface area contributed by atoms with Gasteiger partial charge in [0.2, 0.25) is 11.8 Å². The van der Waals surface area contributed by atoms with E-state index in [1.54, 1.807) is 47.1 Å². The van der Waals surface area contributed by atoms with Crippen molar-refractivity contribution in [3.8, 4) is 0 Å². The molecule has 2 N–H and O–H groups in total. The van der Waals surface area contributed by atoms with Crippen molar-refractivity contribution >= 4 is 40.7 Å². The Labute approximate surface area is 281 Å². The summed E-state index contributed by atoms with van der Waals surface area (Å²) in [5.41, 5.74) is 3.05. The minimum absolute atomic E-state index is 0.0747. The van der Waals surface area contributed by atoms with E-state index in [0.717, 1.165) is 48.1 Å². The van der Waals surface area contributed by atoms with Gasteiger partial charge in [-0.05, 0) is 66.3 Å². The van der Waals surface area contributed by atoms with Crippen LogP contribution in [0.2, 0.25) is 5.02 Å². The lowest BCUT2D eigenvalue weighted by molar-refractivity contribution is -0.139. The van der Waals surface area contributed by atoms with Crippen molar-refractivity contribution < 1.29 is 24.6 Å². The van der Waals surface area contributed by atoms with Gasteiger partial charge in [0.05, 0.1) is 24.9 Å². The predicted molar refractivity (Wildman–Crippen MR) is 183 cm³/mol. The van der Waals surface area contributed by atoms with Crippen LogP contribution in [0.15, 0.2) is 78.9 Å². The number of aliphatic hydroxyl groups excluding tert-OH is 1. The molecule has 0 unspecified atom stereocenters. The van der Waals surface area contributed by atoms with E-state index in [2.05, 4.69) is 0 Å². The minimum atomic E-state index is -1.88. The molecule has 3 amide bonds. The lowest BCUT2D eigenvalue weighted by Gasteiger charge is -2.36. The highest BCUT2D eigenvalue weighted by atomic mass is 35.5. The predicted octanol–water partition coefficient (Wildman–Crippen LogP) is 5.90. The van der Waals surface area contributed by atoms with Crippen molar-refractivity contribution in [3.63, 3.8) is 0 Å². The van der Waals surface area contributed by atoms with Crippen LogP contribution in [-0.2, 0) is 39.5 Å². The lowest BCUT2D eigenvalue weighted by atomic mass is 9.83.